The fourth-order valence-electron chi connectivity index (χ4n) is 2.16. The van der Waals surface area contributed by atoms with Crippen LogP contribution in [-0.4, -0.2) is 13.2 Å². The quantitative estimate of drug-likeness (QED) is 0.538. The van der Waals surface area contributed by atoms with Crippen LogP contribution >= 0.6 is 0 Å². The maximum Gasteiger partial charge on any atom is 0.327 e. The Balaban J connectivity index is 2.42. The molecule has 2 aromatic rings. The molecule has 0 bridgehead atoms. The molecule has 0 unspecified atom stereocenters. The van der Waals surface area contributed by atoms with Crippen LogP contribution in [0.4, 0.5) is 0 Å². The Bertz CT molecular complexity index is 615. The minimum atomic E-state index is 0.458. The average molecular weight is 294 g/mol. The lowest BCUT2D eigenvalue weighted by Gasteiger charge is -2.09. The van der Waals surface area contributed by atoms with Crippen LogP contribution in [0.5, 0.6) is 0 Å². The molecule has 2 rings (SSSR count). The largest absolute Gasteiger partial charge is 0.460 e. The van der Waals surface area contributed by atoms with Gasteiger partial charge >= 0.3 is 5.95 Å². The topological polar surface area (TPSA) is 18.5 Å². The van der Waals surface area contributed by atoms with Gasteiger partial charge in [0, 0.05) is 12.0 Å². The lowest BCUT2D eigenvalue weighted by molar-refractivity contribution is 0.0478. The summed E-state index contributed by atoms with van der Waals surface area (Å²) in [7, 11) is 0. The Morgan fingerprint density at radius 2 is 1.36 bits per heavy atom. The van der Waals surface area contributed by atoms with Crippen LogP contribution in [0.1, 0.15) is 25.0 Å². The van der Waals surface area contributed by atoms with Crippen molar-refractivity contribution in [2.75, 3.05) is 13.2 Å². The maximum atomic E-state index is 5.53. The van der Waals surface area contributed by atoms with E-state index in [1.807, 2.05) is 50.2 Å². The first-order valence-corrected chi connectivity index (χ1v) is 7.68. The standard InChI is InChI=1S/C20H22O2/c1-3-21-20(22-4-2)16-19(18-13-9-6-10-14-18)15-17-11-7-5-8-12-17/h5-14H,3-4,15H2,1-2H3. The van der Waals surface area contributed by atoms with Crippen LogP contribution in [0, 0.1) is 0 Å². The molecule has 0 radical (unpaired) electrons. The zero-order chi connectivity index (χ0) is 15.6. The highest BCUT2D eigenvalue weighted by Crippen LogP contribution is 2.19. The van der Waals surface area contributed by atoms with Gasteiger partial charge in [0.25, 0.3) is 0 Å². The first-order chi connectivity index (χ1) is 10.8. The van der Waals surface area contributed by atoms with Gasteiger partial charge < -0.3 is 9.47 Å². The normalized spacial score (nSPS) is 9.73. The number of benzene rings is 2. The summed E-state index contributed by atoms with van der Waals surface area (Å²) in [6.07, 6.45) is 0.786. The van der Waals surface area contributed by atoms with Crippen molar-refractivity contribution in [1.29, 1.82) is 0 Å². The van der Waals surface area contributed by atoms with Crippen molar-refractivity contribution in [2.24, 2.45) is 0 Å². The first-order valence-electron chi connectivity index (χ1n) is 7.68. The lowest BCUT2D eigenvalue weighted by atomic mass is 9.99. The van der Waals surface area contributed by atoms with E-state index < -0.39 is 0 Å². The van der Waals surface area contributed by atoms with Gasteiger partial charge in [0.05, 0.1) is 13.2 Å². The SMILES string of the molecule is CCOC(=C=C(Cc1ccccc1)c1ccccc1)OCC. The Morgan fingerprint density at radius 1 is 0.818 bits per heavy atom. The smallest absolute Gasteiger partial charge is 0.327 e. The molecule has 0 amide bonds. The average Bonchev–Trinajstić information content (AvgIpc) is 2.56. The Kier molecular flexibility index (Phi) is 6.35. The van der Waals surface area contributed by atoms with E-state index in [2.05, 4.69) is 30.0 Å². The van der Waals surface area contributed by atoms with Crippen molar-refractivity contribution < 1.29 is 9.47 Å². The molecule has 0 atom stereocenters. The van der Waals surface area contributed by atoms with E-state index in [0.717, 1.165) is 17.6 Å². The number of rotatable bonds is 7. The third-order valence-corrected chi connectivity index (χ3v) is 3.15. The zero-order valence-electron chi connectivity index (χ0n) is 13.2. The second-order valence-corrected chi connectivity index (χ2v) is 4.79. The minimum Gasteiger partial charge on any atom is -0.460 e. The van der Waals surface area contributed by atoms with E-state index in [1.165, 1.54) is 5.56 Å². The van der Waals surface area contributed by atoms with Crippen LogP contribution in [0.15, 0.2) is 72.3 Å². The zero-order valence-corrected chi connectivity index (χ0v) is 13.2. The van der Waals surface area contributed by atoms with Gasteiger partial charge in [0.15, 0.2) is 0 Å². The molecule has 0 aliphatic carbocycles. The molecule has 0 aliphatic heterocycles. The highest BCUT2D eigenvalue weighted by atomic mass is 16.7. The van der Waals surface area contributed by atoms with Crippen molar-refractivity contribution in [3.8, 4) is 0 Å². The molecular weight excluding hydrogens is 272 g/mol. The number of hydrogen-bond acceptors (Lipinski definition) is 2. The molecule has 0 aliphatic rings. The van der Waals surface area contributed by atoms with E-state index in [9.17, 15) is 0 Å². The molecule has 114 valence electrons. The van der Waals surface area contributed by atoms with Crippen LogP contribution in [0.3, 0.4) is 0 Å². The summed E-state index contributed by atoms with van der Waals surface area (Å²) in [6, 6.07) is 20.6. The summed E-state index contributed by atoms with van der Waals surface area (Å²) >= 11 is 0. The summed E-state index contributed by atoms with van der Waals surface area (Å²) in [5.41, 5.74) is 6.73. The lowest BCUT2D eigenvalue weighted by Crippen LogP contribution is -1.97. The van der Waals surface area contributed by atoms with Crippen molar-refractivity contribution in [2.45, 2.75) is 20.3 Å². The molecule has 0 fully saturated rings. The third kappa shape index (κ3) is 4.83. The summed E-state index contributed by atoms with van der Waals surface area (Å²) in [5.74, 6) is 0.458. The van der Waals surface area contributed by atoms with Crippen molar-refractivity contribution in [3.05, 3.63) is 83.5 Å². The fourth-order valence-corrected chi connectivity index (χ4v) is 2.16. The molecule has 0 saturated heterocycles. The predicted molar refractivity (Wildman–Crippen MR) is 90.3 cm³/mol. The van der Waals surface area contributed by atoms with Gasteiger partial charge in [-0.25, -0.2) is 0 Å². The molecule has 0 aromatic heterocycles. The predicted octanol–water partition coefficient (Wildman–Crippen LogP) is 4.83. The molecule has 2 nitrogen and oxygen atoms in total. The third-order valence-electron chi connectivity index (χ3n) is 3.15. The summed E-state index contributed by atoms with van der Waals surface area (Å²) in [6.45, 7) is 5.02. The summed E-state index contributed by atoms with van der Waals surface area (Å²) in [4.78, 5) is 0. The minimum absolute atomic E-state index is 0.458. The van der Waals surface area contributed by atoms with Crippen LogP contribution in [0.2, 0.25) is 0 Å². The van der Waals surface area contributed by atoms with E-state index in [1.54, 1.807) is 0 Å². The molecule has 0 heterocycles. The fraction of sp³-hybridized carbons (Fsp3) is 0.250. The van der Waals surface area contributed by atoms with Gasteiger partial charge in [0.1, 0.15) is 0 Å². The monoisotopic (exact) mass is 294 g/mol. The molecule has 22 heavy (non-hydrogen) atoms. The summed E-state index contributed by atoms with van der Waals surface area (Å²) in [5, 5.41) is 0. The number of ether oxygens (including phenoxy) is 2. The van der Waals surface area contributed by atoms with Crippen molar-refractivity contribution in [1.82, 2.24) is 0 Å². The van der Waals surface area contributed by atoms with Crippen molar-refractivity contribution >= 4 is 5.57 Å². The Morgan fingerprint density at radius 3 is 1.91 bits per heavy atom. The first kappa shape index (κ1) is 15.9. The molecule has 2 aromatic carbocycles. The van der Waals surface area contributed by atoms with E-state index in [0.29, 0.717) is 19.2 Å². The molecule has 0 N–H and O–H groups in total. The second kappa shape index (κ2) is 8.76. The van der Waals surface area contributed by atoms with E-state index >= 15 is 0 Å². The molecule has 0 saturated carbocycles. The van der Waals surface area contributed by atoms with Gasteiger partial charge in [-0.05, 0) is 30.7 Å². The highest BCUT2D eigenvalue weighted by molar-refractivity contribution is 5.67. The van der Waals surface area contributed by atoms with Gasteiger partial charge in [-0.15, -0.1) is 0 Å². The number of hydrogen-bond donors (Lipinski definition) is 0. The highest BCUT2D eigenvalue weighted by Gasteiger charge is 2.05. The van der Waals surface area contributed by atoms with Crippen molar-refractivity contribution in [3.63, 3.8) is 0 Å². The van der Waals surface area contributed by atoms with E-state index in [4.69, 9.17) is 9.47 Å². The van der Waals surface area contributed by atoms with Crippen LogP contribution in [-0.2, 0) is 15.9 Å². The van der Waals surface area contributed by atoms with Gasteiger partial charge in [-0.1, -0.05) is 60.7 Å². The Hall–Kier alpha value is -2.44. The van der Waals surface area contributed by atoms with E-state index in [-0.39, 0.29) is 0 Å². The van der Waals surface area contributed by atoms with Gasteiger partial charge in [-0.3, -0.25) is 0 Å². The molecule has 2 heteroatoms. The number of allylic oxidation sites excluding steroid dienone is 1. The van der Waals surface area contributed by atoms with Gasteiger partial charge in [-0.2, -0.15) is 0 Å². The maximum absolute atomic E-state index is 5.53. The second-order valence-electron chi connectivity index (χ2n) is 4.79. The van der Waals surface area contributed by atoms with Gasteiger partial charge in [0.2, 0.25) is 0 Å². The Labute approximate surface area is 132 Å². The van der Waals surface area contributed by atoms with Crippen LogP contribution < -0.4 is 0 Å². The summed E-state index contributed by atoms with van der Waals surface area (Å²) < 4.78 is 11.1. The molecular formula is C20H22O2. The van der Waals surface area contributed by atoms with Crippen LogP contribution in [0.25, 0.3) is 5.57 Å². The molecule has 0 spiro atoms.